The van der Waals surface area contributed by atoms with Gasteiger partial charge in [-0.15, -0.1) is 0 Å². The van der Waals surface area contributed by atoms with Crippen molar-refractivity contribution in [2.75, 3.05) is 46.4 Å². The normalized spacial score (nSPS) is 19.0. The second-order valence-corrected chi connectivity index (χ2v) is 10.8. The van der Waals surface area contributed by atoms with Crippen molar-refractivity contribution in [3.05, 3.63) is 65.0 Å². The molecule has 41 heavy (non-hydrogen) atoms. The summed E-state index contributed by atoms with van der Waals surface area (Å²) in [7, 11) is 3.17. The molecule has 11 heteroatoms. The van der Waals surface area contributed by atoms with Gasteiger partial charge in [-0.05, 0) is 47.7 Å². The fraction of sp³-hybridized carbons (Fsp3) is 0.400. The molecule has 3 aromatic heterocycles. The highest BCUT2D eigenvalue weighted by atomic mass is 79.9. The molecule has 1 saturated carbocycles. The molecule has 1 aliphatic rings. The molecule has 3 heterocycles. The summed E-state index contributed by atoms with van der Waals surface area (Å²) in [6.07, 6.45) is 5.92. The van der Waals surface area contributed by atoms with E-state index in [4.69, 9.17) is 29.7 Å². The Kier molecular flexibility index (Phi) is 9.29. The third-order valence-electron chi connectivity index (χ3n) is 7.53. The molecule has 216 valence electrons. The first-order valence-corrected chi connectivity index (χ1v) is 14.4. The zero-order chi connectivity index (χ0) is 28.8. The number of nitrogens with zero attached hydrogens (tertiary/aromatic N) is 4. The molecule has 0 saturated heterocycles. The predicted octanol–water partition coefficient (Wildman–Crippen LogP) is 5.05. The SMILES string of the molecule is COCCOC(=O)C1(OCCOC)CCC(c2nc3c(-c4ccc(-c5ccccc5)nc4)cnn3c(N)c2Br)CC1. The van der Waals surface area contributed by atoms with E-state index in [9.17, 15) is 4.79 Å². The first-order valence-electron chi connectivity index (χ1n) is 13.6. The van der Waals surface area contributed by atoms with Gasteiger partial charge in [0.05, 0.1) is 41.9 Å². The van der Waals surface area contributed by atoms with E-state index in [2.05, 4.69) is 26.0 Å². The van der Waals surface area contributed by atoms with Crippen LogP contribution in [0.4, 0.5) is 5.82 Å². The molecule has 0 unspecified atom stereocenters. The number of ether oxygens (including phenoxy) is 4. The van der Waals surface area contributed by atoms with E-state index >= 15 is 0 Å². The topological polar surface area (TPSA) is 123 Å². The third kappa shape index (κ3) is 6.13. The van der Waals surface area contributed by atoms with Crippen LogP contribution in [0.15, 0.2) is 59.3 Å². The highest BCUT2D eigenvalue weighted by Crippen LogP contribution is 2.43. The van der Waals surface area contributed by atoms with Crippen LogP contribution in [0, 0.1) is 0 Å². The number of anilines is 1. The van der Waals surface area contributed by atoms with Gasteiger partial charge in [0, 0.05) is 43.0 Å². The average molecular weight is 625 g/mol. The van der Waals surface area contributed by atoms with Crippen molar-refractivity contribution in [2.24, 2.45) is 0 Å². The van der Waals surface area contributed by atoms with Crippen LogP contribution >= 0.6 is 15.9 Å². The summed E-state index contributed by atoms with van der Waals surface area (Å²) in [4.78, 5) is 22.8. The van der Waals surface area contributed by atoms with Crippen molar-refractivity contribution in [1.29, 1.82) is 0 Å². The van der Waals surface area contributed by atoms with Gasteiger partial charge in [-0.3, -0.25) is 4.98 Å². The summed E-state index contributed by atoms with van der Waals surface area (Å²) >= 11 is 3.67. The van der Waals surface area contributed by atoms with Crippen molar-refractivity contribution >= 4 is 33.4 Å². The summed E-state index contributed by atoms with van der Waals surface area (Å²) in [5, 5.41) is 4.51. The number of nitrogen functional groups attached to an aromatic ring is 1. The van der Waals surface area contributed by atoms with Crippen molar-refractivity contribution in [2.45, 2.75) is 37.2 Å². The maximum absolute atomic E-state index is 13.1. The summed E-state index contributed by atoms with van der Waals surface area (Å²) in [5.41, 5.74) is 10.7. The number of benzene rings is 1. The van der Waals surface area contributed by atoms with E-state index in [1.807, 2.05) is 48.7 Å². The van der Waals surface area contributed by atoms with Gasteiger partial charge in [-0.1, -0.05) is 36.4 Å². The average Bonchev–Trinajstić information content (AvgIpc) is 3.44. The van der Waals surface area contributed by atoms with E-state index in [1.54, 1.807) is 24.9 Å². The molecular formula is C30H34BrN5O5. The van der Waals surface area contributed by atoms with Crippen LogP contribution in [-0.4, -0.2) is 71.8 Å². The number of methoxy groups -OCH3 is 2. The molecular weight excluding hydrogens is 590 g/mol. The molecule has 0 spiro atoms. The van der Waals surface area contributed by atoms with Crippen molar-refractivity contribution in [1.82, 2.24) is 19.6 Å². The van der Waals surface area contributed by atoms with E-state index in [0.717, 1.165) is 28.1 Å². The van der Waals surface area contributed by atoms with Gasteiger partial charge in [0.25, 0.3) is 0 Å². The number of fused-ring (bicyclic) bond motifs is 1. The highest BCUT2D eigenvalue weighted by Gasteiger charge is 2.45. The maximum Gasteiger partial charge on any atom is 0.338 e. The predicted molar refractivity (Wildman–Crippen MR) is 158 cm³/mol. The summed E-state index contributed by atoms with van der Waals surface area (Å²) in [6.45, 7) is 1.20. The van der Waals surface area contributed by atoms with Gasteiger partial charge >= 0.3 is 5.97 Å². The largest absolute Gasteiger partial charge is 0.461 e. The summed E-state index contributed by atoms with van der Waals surface area (Å²) < 4.78 is 24.1. The standard InChI is InChI=1S/C30H34BrN5O5/c1-38-14-16-40-29(37)30(41-17-15-39-2)12-10-21(11-13-30)26-25(31)27(32)36-28(35-26)23(19-34-36)22-8-9-24(33-18-22)20-6-4-3-5-7-20/h3-9,18-19,21H,10-17,32H2,1-2H3. The monoisotopic (exact) mass is 623 g/mol. The van der Waals surface area contributed by atoms with Crippen molar-refractivity contribution in [3.63, 3.8) is 0 Å². The summed E-state index contributed by atoms with van der Waals surface area (Å²) in [5.74, 6) is 0.164. The fourth-order valence-corrected chi connectivity index (χ4v) is 5.84. The van der Waals surface area contributed by atoms with Crippen LogP contribution in [0.2, 0.25) is 0 Å². The van der Waals surface area contributed by atoms with Crippen LogP contribution in [0.25, 0.3) is 28.0 Å². The summed E-state index contributed by atoms with van der Waals surface area (Å²) in [6, 6.07) is 14.1. The number of rotatable bonds is 11. The van der Waals surface area contributed by atoms with Gasteiger partial charge in [-0.2, -0.15) is 9.61 Å². The third-order valence-corrected chi connectivity index (χ3v) is 8.34. The lowest BCUT2D eigenvalue weighted by molar-refractivity contribution is -0.180. The number of aromatic nitrogens is 4. The number of hydrogen-bond donors (Lipinski definition) is 1. The zero-order valence-corrected chi connectivity index (χ0v) is 24.8. The quantitative estimate of drug-likeness (QED) is 0.180. The first kappa shape index (κ1) is 29.1. The molecule has 5 rings (SSSR count). The number of pyridine rings is 1. The fourth-order valence-electron chi connectivity index (χ4n) is 5.25. The second kappa shape index (κ2) is 13.1. The minimum atomic E-state index is -1.03. The molecule has 10 nitrogen and oxygen atoms in total. The van der Waals surface area contributed by atoms with Crippen LogP contribution in [0.1, 0.15) is 37.3 Å². The smallest absolute Gasteiger partial charge is 0.338 e. The first-order chi connectivity index (χ1) is 20.0. The van der Waals surface area contributed by atoms with Crippen molar-refractivity contribution < 1.29 is 23.7 Å². The van der Waals surface area contributed by atoms with Crippen LogP contribution in [0.5, 0.6) is 0 Å². The maximum atomic E-state index is 13.1. The lowest BCUT2D eigenvalue weighted by atomic mass is 9.77. The lowest BCUT2D eigenvalue weighted by Crippen LogP contribution is -2.46. The van der Waals surface area contributed by atoms with Crippen LogP contribution in [0.3, 0.4) is 0 Å². The van der Waals surface area contributed by atoms with E-state index in [1.165, 1.54) is 0 Å². The number of esters is 1. The molecule has 0 amide bonds. The lowest BCUT2D eigenvalue weighted by Gasteiger charge is -2.38. The van der Waals surface area contributed by atoms with Gasteiger partial charge in [0.2, 0.25) is 0 Å². The van der Waals surface area contributed by atoms with Crippen LogP contribution < -0.4 is 5.73 Å². The Morgan fingerprint density at radius 2 is 1.73 bits per heavy atom. The van der Waals surface area contributed by atoms with Gasteiger partial charge in [-0.25, -0.2) is 9.78 Å². The van der Waals surface area contributed by atoms with E-state index in [0.29, 0.717) is 61.4 Å². The Bertz CT molecular complexity index is 1470. The minimum absolute atomic E-state index is 0.0592. The number of nitrogens with two attached hydrogens (primary N) is 1. The molecule has 0 atom stereocenters. The zero-order valence-electron chi connectivity index (χ0n) is 23.2. The van der Waals surface area contributed by atoms with E-state index < -0.39 is 5.60 Å². The molecule has 0 bridgehead atoms. The second-order valence-electron chi connectivity index (χ2n) is 10.0. The van der Waals surface area contributed by atoms with Gasteiger partial charge < -0.3 is 24.7 Å². The van der Waals surface area contributed by atoms with Gasteiger partial charge in [0.1, 0.15) is 12.4 Å². The molecule has 0 radical (unpaired) electrons. The Hall–Kier alpha value is -3.38. The van der Waals surface area contributed by atoms with Gasteiger partial charge in [0.15, 0.2) is 11.2 Å². The Balaban J connectivity index is 1.40. The number of hydrogen-bond acceptors (Lipinski definition) is 9. The number of halogens is 1. The van der Waals surface area contributed by atoms with Crippen molar-refractivity contribution in [3.8, 4) is 22.4 Å². The van der Waals surface area contributed by atoms with E-state index in [-0.39, 0.29) is 18.5 Å². The highest BCUT2D eigenvalue weighted by molar-refractivity contribution is 9.10. The number of carbonyl (C=O) groups is 1. The molecule has 1 fully saturated rings. The Morgan fingerprint density at radius 3 is 2.41 bits per heavy atom. The molecule has 1 aromatic carbocycles. The Morgan fingerprint density at radius 1 is 1.00 bits per heavy atom. The minimum Gasteiger partial charge on any atom is -0.461 e. The van der Waals surface area contributed by atoms with Crippen LogP contribution in [-0.2, 0) is 23.7 Å². The number of carbonyl (C=O) groups excluding carboxylic acids is 1. The Labute approximate surface area is 247 Å². The molecule has 4 aromatic rings. The molecule has 1 aliphatic carbocycles. The molecule has 0 aliphatic heterocycles. The molecule has 2 N–H and O–H groups in total.